The van der Waals surface area contributed by atoms with Gasteiger partial charge in [-0.2, -0.15) is 0 Å². The topological polar surface area (TPSA) is 55.1 Å². The maximum atomic E-state index is 13.0. The highest BCUT2D eigenvalue weighted by molar-refractivity contribution is 5.94. The summed E-state index contributed by atoms with van der Waals surface area (Å²) in [4.78, 5) is 11.8. The standard InChI is InChI=1S/C14H18F2N2O.ClH/c15-11-6-10(7-12(16)8-11)13(19)18-9-14(17)4-2-1-3-5-14;/h6-8H,1-5,9,17H2,(H,18,19);1H. The molecule has 0 aromatic heterocycles. The second-order valence-electron chi connectivity index (χ2n) is 5.26. The quantitative estimate of drug-likeness (QED) is 0.902. The van der Waals surface area contributed by atoms with Crippen LogP contribution in [0, 0.1) is 11.6 Å². The van der Waals surface area contributed by atoms with E-state index in [4.69, 9.17) is 5.73 Å². The van der Waals surface area contributed by atoms with Crippen LogP contribution in [0.25, 0.3) is 0 Å². The Labute approximate surface area is 123 Å². The van der Waals surface area contributed by atoms with Crippen molar-refractivity contribution in [3.8, 4) is 0 Å². The van der Waals surface area contributed by atoms with Crippen LogP contribution in [0.5, 0.6) is 0 Å². The lowest BCUT2D eigenvalue weighted by molar-refractivity contribution is 0.0936. The van der Waals surface area contributed by atoms with E-state index in [0.29, 0.717) is 6.54 Å². The fourth-order valence-electron chi connectivity index (χ4n) is 2.48. The number of nitrogens with one attached hydrogen (secondary N) is 1. The molecule has 1 amide bonds. The van der Waals surface area contributed by atoms with E-state index in [1.165, 1.54) is 6.42 Å². The molecular formula is C14H19ClF2N2O. The fraction of sp³-hybridized carbons (Fsp3) is 0.500. The second-order valence-corrected chi connectivity index (χ2v) is 5.26. The van der Waals surface area contributed by atoms with Crippen molar-refractivity contribution in [1.29, 1.82) is 0 Å². The zero-order chi connectivity index (χ0) is 13.9. The van der Waals surface area contributed by atoms with E-state index in [1.54, 1.807) is 0 Å². The molecule has 1 saturated carbocycles. The van der Waals surface area contributed by atoms with Gasteiger partial charge in [0.2, 0.25) is 0 Å². The number of carbonyl (C=O) groups is 1. The predicted molar refractivity (Wildman–Crippen MR) is 75.9 cm³/mol. The maximum absolute atomic E-state index is 13.0. The Morgan fingerprint density at radius 3 is 2.25 bits per heavy atom. The smallest absolute Gasteiger partial charge is 0.251 e. The second kappa shape index (κ2) is 6.99. The first-order chi connectivity index (χ1) is 8.98. The van der Waals surface area contributed by atoms with E-state index >= 15 is 0 Å². The van der Waals surface area contributed by atoms with Gasteiger partial charge in [0.25, 0.3) is 5.91 Å². The lowest BCUT2D eigenvalue weighted by Crippen LogP contribution is -2.51. The number of carbonyl (C=O) groups excluding carboxylic acids is 1. The molecule has 0 unspecified atom stereocenters. The minimum Gasteiger partial charge on any atom is -0.350 e. The average molecular weight is 305 g/mol. The molecule has 3 nitrogen and oxygen atoms in total. The zero-order valence-corrected chi connectivity index (χ0v) is 11.9. The van der Waals surface area contributed by atoms with Crippen LogP contribution in [-0.2, 0) is 0 Å². The highest BCUT2D eigenvalue weighted by Gasteiger charge is 2.27. The highest BCUT2D eigenvalue weighted by atomic mass is 35.5. The summed E-state index contributed by atoms with van der Waals surface area (Å²) in [5.41, 5.74) is 5.78. The Bertz CT molecular complexity index is 456. The average Bonchev–Trinajstić information content (AvgIpc) is 2.36. The summed E-state index contributed by atoms with van der Waals surface area (Å²) in [6, 6.07) is 2.77. The zero-order valence-electron chi connectivity index (χ0n) is 11.1. The first-order valence-corrected chi connectivity index (χ1v) is 6.52. The van der Waals surface area contributed by atoms with Gasteiger partial charge in [-0.25, -0.2) is 8.78 Å². The monoisotopic (exact) mass is 304 g/mol. The van der Waals surface area contributed by atoms with E-state index in [2.05, 4.69) is 5.32 Å². The van der Waals surface area contributed by atoms with E-state index in [-0.39, 0.29) is 23.5 Å². The van der Waals surface area contributed by atoms with Crippen LogP contribution in [0.2, 0.25) is 0 Å². The number of benzene rings is 1. The van der Waals surface area contributed by atoms with Crippen LogP contribution < -0.4 is 11.1 Å². The Morgan fingerprint density at radius 2 is 1.70 bits per heavy atom. The van der Waals surface area contributed by atoms with Crippen LogP contribution in [0.3, 0.4) is 0 Å². The van der Waals surface area contributed by atoms with Crippen LogP contribution >= 0.6 is 12.4 Å². The summed E-state index contributed by atoms with van der Waals surface area (Å²) in [7, 11) is 0. The third kappa shape index (κ3) is 4.42. The van der Waals surface area contributed by atoms with Gasteiger partial charge in [-0.3, -0.25) is 4.79 Å². The lowest BCUT2D eigenvalue weighted by atomic mass is 9.82. The molecule has 0 heterocycles. The van der Waals surface area contributed by atoms with Gasteiger partial charge in [0, 0.05) is 23.7 Å². The van der Waals surface area contributed by atoms with Crippen molar-refractivity contribution in [3.63, 3.8) is 0 Å². The van der Waals surface area contributed by atoms with Crippen molar-refractivity contribution in [2.45, 2.75) is 37.6 Å². The molecule has 1 aromatic carbocycles. The van der Waals surface area contributed by atoms with Gasteiger partial charge < -0.3 is 11.1 Å². The Balaban J connectivity index is 0.00000200. The molecule has 1 aromatic rings. The molecule has 3 N–H and O–H groups in total. The summed E-state index contributed by atoms with van der Waals surface area (Å²) in [6.07, 6.45) is 5.01. The Hall–Kier alpha value is -1.20. The van der Waals surface area contributed by atoms with Gasteiger partial charge in [-0.1, -0.05) is 19.3 Å². The van der Waals surface area contributed by atoms with Gasteiger partial charge in [0.05, 0.1) is 0 Å². The molecule has 0 bridgehead atoms. The molecule has 0 spiro atoms. The summed E-state index contributed by atoms with van der Waals surface area (Å²) in [5, 5.41) is 2.67. The van der Waals surface area contributed by atoms with Crippen molar-refractivity contribution in [2.75, 3.05) is 6.54 Å². The molecule has 20 heavy (non-hydrogen) atoms. The van der Waals surface area contributed by atoms with Crippen LogP contribution in [0.4, 0.5) is 8.78 Å². The van der Waals surface area contributed by atoms with Gasteiger partial charge in [0.1, 0.15) is 11.6 Å². The SMILES string of the molecule is Cl.NC1(CNC(=O)c2cc(F)cc(F)c2)CCCCC1. The van der Waals surface area contributed by atoms with Crippen molar-refractivity contribution in [2.24, 2.45) is 5.73 Å². The number of halogens is 3. The first kappa shape index (κ1) is 16.9. The number of rotatable bonds is 3. The van der Waals surface area contributed by atoms with E-state index in [0.717, 1.165) is 43.9 Å². The molecule has 1 aliphatic rings. The van der Waals surface area contributed by atoms with E-state index in [9.17, 15) is 13.6 Å². The molecule has 1 fully saturated rings. The Kier molecular flexibility index (Phi) is 5.89. The largest absolute Gasteiger partial charge is 0.350 e. The maximum Gasteiger partial charge on any atom is 0.251 e. The fourth-order valence-corrected chi connectivity index (χ4v) is 2.48. The number of amides is 1. The normalized spacial score (nSPS) is 17.1. The van der Waals surface area contributed by atoms with Crippen LogP contribution in [-0.4, -0.2) is 18.0 Å². The molecule has 0 aliphatic heterocycles. The third-order valence-electron chi connectivity index (χ3n) is 3.58. The lowest BCUT2D eigenvalue weighted by Gasteiger charge is -2.33. The number of hydrogen-bond donors (Lipinski definition) is 2. The molecule has 2 rings (SSSR count). The van der Waals surface area contributed by atoms with Gasteiger partial charge >= 0.3 is 0 Å². The molecule has 0 radical (unpaired) electrons. The number of hydrogen-bond acceptors (Lipinski definition) is 2. The van der Waals surface area contributed by atoms with Crippen LogP contribution in [0.15, 0.2) is 18.2 Å². The summed E-state index contributed by atoms with van der Waals surface area (Å²) >= 11 is 0. The third-order valence-corrected chi connectivity index (χ3v) is 3.58. The van der Waals surface area contributed by atoms with Crippen LogP contribution in [0.1, 0.15) is 42.5 Å². The highest BCUT2D eigenvalue weighted by Crippen LogP contribution is 2.25. The predicted octanol–water partition coefficient (Wildman–Crippen LogP) is 2.78. The van der Waals surface area contributed by atoms with Crippen molar-refractivity contribution in [3.05, 3.63) is 35.4 Å². The number of nitrogens with two attached hydrogens (primary N) is 1. The van der Waals surface area contributed by atoms with E-state index < -0.39 is 17.5 Å². The molecule has 112 valence electrons. The summed E-state index contributed by atoms with van der Waals surface area (Å²) in [6.45, 7) is 0.337. The summed E-state index contributed by atoms with van der Waals surface area (Å²) in [5.74, 6) is -2.01. The first-order valence-electron chi connectivity index (χ1n) is 6.52. The molecule has 0 atom stereocenters. The Morgan fingerprint density at radius 1 is 1.15 bits per heavy atom. The van der Waals surface area contributed by atoms with Gasteiger partial charge in [-0.05, 0) is 25.0 Å². The minimum absolute atomic E-state index is 0. The van der Waals surface area contributed by atoms with Gasteiger partial charge in [0.15, 0.2) is 0 Å². The molecule has 6 heteroatoms. The van der Waals surface area contributed by atoms with E-state index in [1.807, 2.05) is 0 Å². The van der Waals surface area contributed by atoms with Crippen molar-refractivity contribution in [1.82, 2.24) is 5.32 Å². The van der Waals surface area contributed by atoms with Gasteiger partial charge in [-0.15, -0.1) is 12.4 Å². The van der Waals surface area contributed by atoms with Crippen molar-refractivity contribution < 1.29 is 13.6 Å². The summed E-state index contributed by atoms with van der Waals surface area (Å²) < 4.78 is 26.0. The minimum atomic E-state index is -0.759. The molecular weight excluding hydrogens is 286 g/mol. The molecule has 0 saturated heterocycles. The molecule has 1 aliphatic carbocycles. The van der Waals surface area contributed by atoms with Crippen molar-refractivity contribution >= 4 is 18.3 Å².